The van der Waals surface area contributed by atoms with Crippen molar-refractivity contribution in [3.05, 3.63) is 53.8 Å². The Morgan fingerprint density at radius 1 is 1.15 bits per heavy atom. The Morgan fingerprint density at radius 3 is 2.82 bits per heavy atom. The molecule has 0 aliphatic carbocycles. The average molecular weight is 484 g/mol. The predicted molar refractivity (Wildman–Crippen MR) is 122 cm³/mol. The summed E-state index contributed by atoms with van der Waals surface area (Å²) in [5, 5.41) is 14.5. The van der Waals surface area contributed by atoms with Crippen LogP contribution in [0.5, 0.6) is 11.8 Å². The summed E-state index contributed by atoms with van der Waals surface area (Å²) in [6.07, 6.45) is 1.95. The number of benzene rings is 1. The molecule has 5 heterocycles. The molecule has 4 aromatic rings. The van der Waals surface area contributed by atoms with Crippen LogP contribution in [-0.4, -0.2) is 74.1 Å². The van der Waals surface area contributed by atoms with E-state index in [2.05, 4.69) is 20.1 Å². The van der Waals surface area contributed by atoms with Crippen LogP contribution in [-0.2, 0) is 16.0 Å². The summed E-state index contributed by atoms with van der Waals surface area (Å²) >= 11 is 6.53. The van der Waals surface area contributed by atoms with Crippen molar-refractivity contribution >= 4 is 22.8 Å². The Hall–Kier alpha value is -3.18. The highest BCUT2D eigenvalue weighted by Gasteiger charge is 2.48. The summed E-state index contributed by atoms with van der Waals surface area (Å²) in [4.78, 5) is 12.2. The number of aromatic nitrogens is 5. The van der Waals surface area contributed by atoms with Gasteiger partial charge < -0.3 is 29.0 Å². The molecule has 176 valence electrons. The van der Waals surface area contributed by atoms with Gasteiger partial charge in [-0.25, -0.2) is 4.98 Å². The molecule has 0 radical (unpaired) electrons. The van der Waals surface area contributed by atoms with Gasteiger partial charge in [-0.05, 0) is 36.4 Å². The standard InChI is InChI=1S/C23H22ClN5O5/c24-15-10-16-22(28-23(26-16)34-18-12-33-20-17(30)11-32-21(18)20)27-19(15)13-2-4-14(5-3-13)31-9-8-29-7-1-6-25-29/h1-7,10,17-18,20-21,30H,8-9,11-12H2,(H,26,27,28)/t17-,18-,20-,21-/m1/s1. The number of aromatic amines is 1. The van der Waals surface area contributed by atoms with E-state index in [1.807, 2.05) is 41.2 Å². The summed E-state index contributed by atoms with van der Waals surface area (Å²) in [7, 11) is 0. The largest absolute Gasteiger partial charge is 0.492 e. The topological polar surface area (TPSA) is 117 Å². The molecule has 2 saturated heterocycles. The lowest BCUT2D eigenvalue weighted by Gasteiger charge is -2.15. The number of pyridine rings is 1. The van der Waals surface area contributed by atoms with Gasteiger partial charge in [0, 0.05) is 18.0 Å². The van der Waals surface area contributed by atoms with Gasteiger partial charge >= 0.3 is 0 Å². The van der Waals surface area contributed by atoms with E-state index in [1.54, 1.807) is 12.3 Å². The molecule has 10 nitrogen and oxygen atoms in total. The molecule has 6 rings (SSSR count). The molecular weight excluding hydrogens is 462 g/mol. The fourth-order valence-electron chi connectivity index (χ4n) is 4.24. The molecule has 2 aliphatic heterocycles. The molecule has 3 aromatic heterocycles. The average Bonchev–Trinajstić information content (AvgIpc) is 3.62. The maximum Gasteiger partial charge on any atom is 0.296 e. The lowest BCUT2D eigenvalue weighted by molar-refractivity contribution is 0.00706. The van der Waals surface area contributed by atoms with Crippen molar-refractivity contribution in [2.24, 2.45) is 0 Å². The van der Waals surface area contributed by atoms with Gasteiger partial charge in [0.2, 0.25) is 0 Å². The number of ether oxygens (including phenoxy) is 4. The van der Waals surface area contributed by atoms with Crippen molar-refractivity contribution in [3.8, 4) is 23.0 Å². The zero-order chi connectivity index (χ0) is 23.1. The van der Waals surface area contributed by atoms with Crippen molar-refractivity contribution in [1.29, 1.82) is 0 Å². The Kier molecular flexibility index (Phi) is 5.58. The number of hydrogen-bond donors (Lipinski definition) is 2. The van der Waals surface area contributed by atoms with Crippen molar-refractivity contribution in [3.63, 3.8) is 0 Å². The molecule has 0 bridgehead atoms. The zero-order valence-electron chi connectivity index (χ0n) is 18.0. The van der Waals surface area contributed by atoms with Gasteiger partial charge in [-0.1, -0.05) is 11.6 Å². The molecule has 11 heteroatoms. The van der Waals surface area contributed by atoms with Crippen LogP contribution in [0.1, 0.15) is 0 Å². The quantitative estimate of drug-likeness (QED) is 0.412. The van der Waals surface area contributed by atoms with Crippen LogP contribution in [0.3, 0.4) is 0 Å². The van der Waals surface area contributed by atoms with Crippen LogP contribution >= 0.6 is 11.6 Å². The molecule has 2 aliphatic rings. The van der Waals surface area contributed by atoms with Gasteiger partial charge in [0.1, 0.15) is 30.7 Å². The first-order valence-electron chi connectivity index (χ1n) is 11.0. The van der Waals surface area contributed by atoms with Crippen LogP contribution < -0.4 is 9.47 Å². The highest BCUT2D eigenvalue weighted by atomic mass is 35.5. The Bertz CT molecular complexity index is 1280. The van der Waals surface area contributed by atoms with E-state index in [1.165, 1.54) is 0 Å². The van der Waals surface area contributed by atoms with E-state index in [0.29, 0.717) is 47.6 Å². The minimum Gasteiger partial charge on any atom is -0.492 e. The number of imidazole rings is 1. The minimum atomic E-state index is -0.634. The molecular formula is C23H22ClN5O5. The van der Waals surface area contributed by atoms with Crippen molar-refractivity contribution in [2.45, 2.75) is 31.0 Å². The van der Waals surface area contributed by atoms with E-state index in [-0.39, 0.29) is 24.9 Å². The highest BCUT2D eigenvalue weighted by Crippen LogP contribution is 2.32. The summed E-state index contributed by atoms with van der Waals surface area (Å²) in [6.45, 7) is 1.74. The molecule has 4 atom stereocenters. The number of aliphatic hydroxyl groups excluding tert-OH is 1. The number of rotatable bonds is 7. The van der Waals surface area contributed by atoms with E-state index >= 15 is 0 Å². The zero-order valence-corrected chi connectivity index (χ0v) is 18.8. The summed E-state index contributed by atoms with van der Waals surface area (Å²) in [6, 6.07) is 11.5. The van der Waals surface area contributed by atoms with Gasteiger partial charge in [-0.3, -0.25) is 4.68 Å². The maximum atomic E-state index is 9.90. The lowest BCUT2D eigenvalue weighted by atomic mass is 10.1. The summed E-state index contributed by atoms with van der Waals surface area (Å²) in [5.74, 6) is 0.750. The van der Waals surface area contributed by atoms with Gasteiger partial charge in [-0.15, -0.1) is 0 Å². The SMILES string of the molecule is O[C@@H]1CO[C@H]2[C@@H]1OC[C@H]2Oc1nc2nc(-c3ccc(OCCn4cccn4)cc3)c(Cl)cc2[nH]1. The van der Waals surface area contributed by atoms with Crippen LogP contribution in [0.15, 0.2) is 48.8 Å². The third-order valence-corrected chi connectivity index (χ3v) is 6.21. The van der Waals surface area contributed by atoms with Gasteiger partial charge in [0.05, 0.1) is 36.0 Å². The number of nitrogens with one attached hydrogen (secondary N) is 1. The van der Waals surface area contributed by atoms with Crippen LogP contribution in [0.25, 0.3) is 22.4 Å². The molecule has 0 unspecified atom stereocenters. The molecule has 2 N–H and O–H groups in total. The Balaban J connectivity index is 1.15. The van der Waals surface area contributed by atoms with E-state index in [4.69, 9.17) is 30.5 Å². The summed E-state index contributed by atoms with van der Waals surface area (Å²) in [5.41, 5.74) is 2.60. The normalized spacial score (nSPS) is 23.9. The number of hydrogen-bond acceptors (Lipinski definition) is 8. The first-order valence-corrected chi connectivity index (χ1v) is 11.4. The maximum absolute atomic E-state index is 9.90. The third kappa shape index (κ3) is 4.09. The smallest absolute Gasteiger partial charge is 0.296 e. The van der Waals surface area contributed by atoms with Crippen molar-refractivity contribution in [2.75, 3.05) is 19.8 Å². The lowest BCUT2D eigenvalue weighted by Crippen LogP contribution is -2.34. The minimum absolute atomic E-state index is 0.240. The van der Waals surface area contributed by atoms with Crippen LogP contribution in [0.2, 0.25) is 5.02 Å². The van der Waals surface area contributed by atoms with Gasteiger partial charge in [0.25, 0.3) is 6.01 Å². The Labute approximate surface area is 199 Å². The van der Waals surface area contributed by atoms with Gasteiger partial charge in [0.15, 0.2) is 11.8 Å². The van der Waals surface area contributed by atoms with Crippen molar-refractivity contribution in [1.82, 2.24) is 24.7 Å². The fraction of sp³-hybridized carbons (Fsp3) is 0.348. The fourth-order valence-corrected chi connectivity index (χ4v) is 4.50. The number of H-pyrrole nitrogens is 1. The predicted octanol–water partition coefficient (Wildman–Crippen LogP) is 2.46. The van der Waals surface area contributed by atoms with Gasteiger partial charge in [-0.2, -0.15) is 10.1 Å². The van der Waals surface area contributed by atoms with Crippen LogP contribution in [0.4, 0.5) is 0 Å². The molecule has 0 saturated carbocycles. The molecule has 0 amide bonds. The number of fused-ring (bicyclic) bond motifs is 2. The molecule has 34 heavy (non-hydrogen) atoms. The third-order valence-electron chi connectivity index (χ3n) is 5.93. The Morgan fingerprint density at radius 2 is 2.00 bits per heavy atom. The number of nitrogens with zero attached hydrogens (tertiary/aromatic N) is 4. The first-order chi connectivity index (χ1) is 16.6. The number of halogens is 1. The second kappa shape index (κ2) is 8.88. The first kappa shape index (κ1) is 21.4. The molecule has 0 spiro atoms. The molecule has 1 aromatic carbocycles. The van der Waals surface area contributed by atoms with Crippen LogP contribution in [0, 0.1) is 0 Å². The van der Waals surface area contributed by atoms with E-state index < -0.39 is 6.10 Å². The van der Waals surface area contributed by atoms with E-state index in [9.17, 15) is 5.11 Å². The monoisotopic (exact) mass is 483 g/mol. The molecule has 2 fully saturated rings. The second-order valence-corrected chi connectivity index (χ2v) is 8.60. The van der Waals surface area contributed by atoms with Crippen molar-refractivity contribution < 1.29 is 24.1 Å². The second-order valence-electron chi connectivity index (χ2n) is 8.19. The van der Waals surface area contributed by atoms with E-state index in [0.717, 1.165) is 11.3 Å². The number of aliphatic hydroxyl groups is 1. The summed E-state index contributed by atoms with van der Waals surface area (Å²) < 4.78 is 24.8. The highest BCUT2D eigenvalue weighted by molar-refractivity contribution is 6.33.